The predicted molar refractivity (Wildman–Crippen MR) is 107 cm³/mol. The van der Waals surface area contributed by atoms with Crippen LogP contribution in [0.4, 0.5) is 17.1 Å². The molecule has 1 unspecified atom stereocenters. The molecule has 136 valence electrons. The molecule has 0 saturated carbocycles. The third-order valence-electron chi connectivity index (χ3n) is 5.55. The van der Waals surface area contributed by atoms with Gasteiger partial charge in [0.2, 0.25) is 5.91 Å². The Morgan fingerprint density at radius 3 is 2.62 bits per heavy atom. The Hall–Kier alpha value is -2.33. The van der Waals surface area contributed by atoms with Crippen LogP contribution in [0, 0.1) is 0 Å². The van der Waals surface area contributed by atoms with Crippen molar-refractivity contribution < 1.29 is 4.79 Å². The van der Waals surface area contributed by atoms with E-state index in [1.807, 2.05) is 11.0 Å². The summed E-state index contributed by atoms with van der Waals surface area (Å²) in [5.74, 6) is 0.117. The highest BCUT2D eigenvalue weighted by Crippen LogP contribution is 2.50. The Bertz CT molecular complexity index is 830. The fourth-order valence-electron chi connectivity index (χ4n) is 4.47. The van der Waals surface area contributed by atoms with E-state index in [1.54, 1.807) is 6.92 Å². The van der Waals surface area contributed by atoms with Crippen LogP contribution >= 0.6 is 0 Å². The topological polar surface area (TPSA) is 26.8 Å². The van der Waals surface area contributed by atoms with Crippen LogP contribution in [0.1, 0.15) is 36.9 Å². The van der Waals surface area contributed by atoms with Crippen LogP contribution < -0.4 is 9.80 Å². The first-order chi connectivity index (χ1) is 12.6. The number of carbonyl (C=O) groups excluding carboxylic acids is 1. The molecular formula is C22H27N3O. The molecule has 4 rings (SSSR count). The minimum Gasteiger partial charge on any atom is -0.339 e. The van der Waals surface area contributed by atoms with Gasteiger partial charge in [0.25, 0.3) is 0 Å². The lowest BCUT2D eigenvalue weighted by molar-refractivity contribution is -0.117. The molecule has 1 amide bonds. The highest BCUT2D eigenvalue weighted by Gasteiger charge is 2.36. The normalized spacial score (nSPS) is 17.9. The van der Waals surface area contributed by atoms with Crippen molar-refractivity contribution in [2.45, 2.75) is 32.2 Å². The smallest absolute Gasteiger partial charge is 0.224 e. The quantitative estimate of drug-likeness (QED) is 0.830. The zero-order chi connectivity index (χ0) is 18.3. The molecule has 0 aliphatic carbocycles. The monoisotopic (exact) mass is 349 g/mol. The summed E-state index contributed by atoms with van der Waals surface area (Å²) < 4.78 is 0. The molecule has 2 aliphatic rings. The summed E-state index contributed by atoms with van der Waals surface area (Å²) in [4.78, 5) is 19.4. The van der Waals surface area contributed by atoms with Crippen LogP contribution in [0.5, 0.6) is 0 Å². The predicted octanol–water partition coefficient (Wildman–Crippen LogP) is 4.13. The second-order valence-electron chi connectivity index (χ2n) is 7.60. The first-order valence-corrected chi connectivity index (χ1v) is 9.51. The Morgan fingerprint density at radius 1 is 1.12 bits per heavy atom. The number of carbonyl (C=O) groups is 1. The third-order valence-corrected chi connectivity index (χ3v) is 5.55. The van der Waals surface area contributed by atoms with Gasteiger partial charge in [-0.3, -0.25) is 4.79 Å². The molecule has 0 fully saturated rings. The van der Waals surface area contributed by atoms with Crippen molar-refractivity contribution in [1.82, 2.24) is 4.90 Å². The van der Waals surface area contributed by atoms with E-state index >= 15 is 0 Å². The lowest BCUT2D eigenvalue weighted by Crippen LogP contribution is -2.33. The lowest BCUT2D eigenvalue weighted by atomic mass is 9.96. The average Bonchev–Trinajstić information content (AvgIpc) is 2.99. The first kappa shape index (κ1) is 17.1. The summed E-state index contributed by atoms with van der Waals surface area (Å²) in [7, 11) is 4.21. The van der Waals surface area contributed by atoms with Crippen molar-refractivity contribution in [3.8, 4) is 0 Å². The van der Waals surface area contributed by atoms with Gasteiger partial charge in [0.05, 0.1) is 17.4 Å². The van der Waals surface area contributed by atoms with Crippen LogP contribution in [-0.2, 0) is 11.2 Å². The van der Waals surface area contributed by atoms with Crippen molar-refractivity contribution in [2.75, 3.05) is 37.0 Å². The van der Waals surface area contributed by atoms with E-state index in [2.05, 4.69) is 60.3 Å². The van der Waals surface area contributed by atoms with Crippen molar-refractivity contribution in [2.24, 2.45) is 0 Å². The number of nitrogens with zero attached hydrogens (tertiary/aromatic N) is 3. The summed E-state index contributed by atoms with van der Waals surface area (Å²) in [6.07, 6.45) is 3.10. The largest absolute Gasteiger partial charge is 0.339 e. The lowest BCUT2D eigenvalue weighted by Gasteiger charge is -2.31. The number of rotatable bonds is 4. The van der Waals surface area contributed by atoms with Crippen molar-refractivity contribution in [1.29, 1.82) is 0 Å². The Kier molecular flexibility index (Phi) is 4.45. The fourth-order valence-corrected chi connectivity index (χ4v) is 4.47. The Morgan fingerprint density at radius 2 is 1.88 bits per heavy atom. The maximum atomic E-state index is 12.7. The van der Waals surface area contributed by atoms with Crippen LogP contribution in [-0.4, -0.2) is 38.0 Å². The molecule has 2 aliphatic heterocycles. The molecule has 0 radical (unpaired) electrons. The van der Waals surface area contributed by atoms with E-state index in [-0.39, 0.29) is 11.9 Å². The molecule has 1 atom stereocenters. The molecule has 0 saturated heterocycles. The maximum absolute atomic E-state index is 12.7. The number of hydrogen-bond acceptors (Lipinski definition) is 3. The standard InChI is InChI=1S/C22H27N3O/c1-16(26)25-19(12-7-14-23(2)3)18-9-6-8-17-13-15-24(22(17)18)20-10-4-5-11-21(20)25/h4-6,8-11,19H,7,12-15H2,1-3H3. The summed E-state index contributed by atoms with van der Waals surface area (Å²) in [5, 5.41) is 0. The minimum atomic E-state index is 0.0895. The van der Waals surface area contributed by atoms with Crippen LogP contribution in [0.3, 0.4) is 0 Å². The molecule has 0 aromatic heterocycles. The molecule has 4 nitrogen and oxygen atoms in total. The molecule has 0 spiro atoms. The second-order valence-corrected chi connectivity index (χ2v) is 7.60. The van der Waals surface area contributed by atoms with Crippen molar-refractivity contribution in [3.05, 3.63) is 53.6 Å². The second kappa shape index (κ2) is 6.76. The number of fused-ring (bicyclic) bond motifs is 2. The van der Waals surface area contributed by atoms with Gasteiger partial charge in [0.15, 0.2) is 0 Å². The summed E-state index contributed by atoms with van der Waals surface area (Å²) >= 11 is 0. The molecule has 26 heavy (non-hydrogen) atoms. The molecule has 2 aromatic rings. The average molecular weight is 349 g/mol. The van der Waals surface area contributed by atoms with Crippen molar-refractivity contribution >= 4 is 23.0 Å². The zero-order valence-corrected chi connectivity index (χ0v) is 15.9. The molecule has 0 bridgehead atoms. The van der Waals surface area contributed by atoms with Gasteiger partial charge in [0, 0.05) is 19.2 Å². The summed E-state index contributed by atoms with van der Waals surface area (Å²) in [5.41, 5.74) is 6.23. The highest BCUT2D eigenvalue weighted by atomic mass is 16.2. The molecule has 4 heteroatoms. The van der Waals surface area contributed by atoms with Crippen LogP contribution in [0.25, 0.3) is 0 Å². The number of hydrogen-bond donors (Lipinski definition) is 0. The minimum absolute atomic E-state index is 0.0895. The number of benzene rings is 2. The molecule has 0 N–H and O–H groups in total. The van der Waals surface area contributed by atoms with Gasteiger partial charge in [-0.15, -0.1) is 0 Å². The number of amides is 1. The Labute approximate surface area is 156 Å². The van der Waals surface area contributed by atoms with E-state index in [1.165, 1.54) is 16.8 Å². The van der Waals surface area contributed by atoms with Gasteiger partial charge >= 0.3 is 0 Å². The van der Waals surface area contributed by atoms with E-state index in [9.17, 15) is 4.79 Å². The van der Waals surface area contributed by atoms with E-state index in [0.717, 1.165) is 43.7 Å². The molecule has 2 heterocycles. The SMILES string of the molecule is CC(=O)N1c2ccccc2N2CCc3cccc(c32)C1CCCN(C)C. The van der Waals surface area contributed by atoms with Gasteiger partial charge in [-0.1, -0.05) is 30.3 Å². The molecule has 2 aromatic carbocycles. The highest BCUT2D eigenvalue weighted by molar-refractivity contribution is 5.99. The van der Waals surface area contributed by atoms with E-state index in [4.69, 9.17) is 0 Å². The molecular weight excluding hydrogens is 322 g/mol. The maximum Gasteiger partial charge on any atom is 0.224 e. The third kappa shape index (κ3) is 2.78. The number of anilines is 3. The van der Waals surface area contributed by atoms with Gasteiger partial charge in [-0.25, -0.2) is 0 Å². The van der Waals surface area contributed by atoms with E-state index < -0.39 is 0 Å². The fraction of sp³-hybridized carbons (Fsp3) is 0.409. The summed E-state index contributed by atoms with van der Waals surface area (Å²) in [6, 6.07) is 15.1. The zero-order valence-electron chi connectivity index (χ0n) is 15.9. The van der Waals surface area contributed by atoms with Crippen molar-refractivity contribution in [3.63, 3.8) is 0 Å². The van der Waals surface area contributed by atoms with Gasteiger partial charge in [0.1, 0.15) is 0 Å². The van der Waals surface area contributed by atoms with Crippen LogP contribution in [0.2, 0.25) is 0 Å². The van der Waals surface area contributed by atoms with Gasteiger partial charge in [-0.05, 0) is 63.2 Å². The number of para-hydroxylation sites is 3. The summed E-state index contributed by atoms with van der Waals surface area (Å²) in [6.45, 7) is 3.71. The Balaban J connectivity index is 1.87. The van der Waals surface area contributed by atoms with E-state index in [0.29, 0.717) is 0 Å². The van der Waals surface area contributed by atoms with Gasteiger partial charge in [-0.2, -0.15) is 0 Å². The van der Waals surface area contributed by atoms with Crippen LogP contribution in [0.15, 0.2) is 42.5 Å². The van der Waals surface area contributed by atoms with Gasteiger partial charge < -0.3 is 14.7 Å². The first-order valence-electron chi connectivity index (χ1n) is 9.51.